The second kappa shape index (κ2) is 7.13. The maximum Gasteiger partial charge on any atom is 0.402 e. The van der Waals surface area contributed by atoms with Crippen molar-refractivity contribution in [1.29, 1.82) is 0 Å². The molecule has 9 heteroatoms. The first-order valence-corrected chi connectivity index (χ1v) is 9.27. The molecule has 1 aromatic heterocycles. The highest BCUT2D eigenvalue weighted by Crippen LogP contribution is 2.35. The van der Waals surface area contributed by atoms with Gasteiger partial charge >= 0.3 is 17.9 Å². The lowest BCUT2D eigenvalue weighted by Crippen LogP contribution is -2.58. The standard InChI is InChI=1S/C18H26N5O4/c1-6-9-21-11(3)12(4)23-14-15(19-17(21)23)20(5)18(26)22(16(14)25)10-8-13(24)27-7-2/h14H,6-10H2,1-5H3/q+1. The maximum atomic E-state index is 13.1. The van der Waals surface area contributed by atoms with Crippen LogP contribution in [0.15, 0.2) is 4.99 Å². The van der Waals surface area contributed by atoms with Crippen molar-refractivity contribution in [3.63, 3.8) is 0 Å². The summed E-state index contributed by atoms with van der Waals surface area (Å²) in [6.45, 7) is 8.81. The lowest BCUT2D eigenvalue weighted by Gasteiger charge is -2.33. The number of amidine groups is 1. The van der Waals surface area contributed by atoms with Crippen LogP contribution in [-0.2, 0) is 20.9 Å². The molecule has 2 aliphatic rings. The van der Waals surface area contributed by atoms with E-state index in [4.69, 9.17) is 4.74 Å². The van der Waals surface area contributed by atoms with Crippen molar-refractivity contribution in [2.24, 2.45) is 4.99 Å². The molecule has 9 nitrogen and oxygen atoms in total. The Kier molecular flexibility index (Phi) is 5.03. The fourth-order valence-corrected chi connectivity index (χ4v) is 3.64. The fraction of sp³-hybridized carbons (Fsp3) is 0.611. The number of aromatic nitrogens is 2. The molecule has 3 heterocycles. The zero-order chi connectivity index (χ0) is 19.9. The maximum absolute atomic E-state index is 13.1. The lowest BCUT2D eigenvalue weighted by atomic mass is 10.1. The molecule has 0 aliphatic carbocycles. The molecule has 146 valence electrons. The molecule has 1 saturated heterocycles. The first-order chi connectivity index (χ1) is 12.8. The van der Waals surface area contributed by atoms with Crippen molar-refractivity contribution >= 4 is 29.7 Å². The van der Waals surface area contributed by atoms with E-state index in [2.05, 4.69) is 16.5 Å². The van der Waals surface area contributed by atoms with Gasteiger partial charge in [0, 0.05) is 13.6 Å². The second-order valence-electron chi connectivity index (χ2n) is 6.75. The van der Waals surface area contributed by atoms with Gasteiger partial charge in [0.25, 0.3) is 5.91 Å². The van der Waals surface area contributed by atoms with Crippen molar-refractivity contribution in [3.05, 3.63) is 11.4 Å². The van der Waals surface area contributed by atoms with Gasteiger partial charge in [0.15, 0.2) is 0 Å². The van der Waals surface area contributed by atoms with Gasteiger partial charge in [-0.05, 0) is 27.2 Å². The minimum atomic E-state index is -0.679. The topological polar surface area (TPSA) is 88.1 Å². The van der Waals surface area contributed by atoms with Crippen LogP contribution in [0.1, 0.15) is 44.1 Å². The van der Waals surface area contributed by atoms with Gasteiger partial charge in [-0.15, -0.1) is 0 Å². The summed E-state index contributed by atoms with van der Waals surface area (Å²) < 4.78 is 8.87. The molecule has 0 aromatic carbocycles. The number of imidazole rings is 1. The molecule has 0 spiro atoms. The number of carbonyl (C=O) groups excluding carboxylic acids is 3. The second-order valence-corrected chi connectivity index (χ2v) is 6.75. The van der Waals surface area contributed by atoms with Gasteiger partial charge < -0.3 is 4.74 Å². The molecule has 1 aromatic rings. The van der Waals surface area contributed by atoms with E-state index >= 15 is 0 Å². The summed E-state index contributed by atoms with van der Waals surface area (Å²) in [7, 11) is 1.61. The summed E-state index contributed by atoms with van der Waals surface area (Å²) in [5.41, 5.74) is 2.00. The molecule has 0 radical (unpaired) electrons. The number of fused-ring (bicyclic) bond motifs is 3. The molecule has 2 aliphatic heterocycles. The Morgan fingerprint density at radius 2 is 1.96 bits per heavy atom. The minimum absolute atomic E-state index is 0.00574. The predicted octanol–water partition coefficient (Wildman–Crippen LogP) is 1.23. The molecule has 3 rings (SSSR count). The van der Waals surface area contributed by atoms with Gasteiger partial charge in [0.05, 0.1) is 19.6 Å². The van der Waals surface area contributed by atoms with Crippen LogP contribution in [0, 0.1) is 13.8 Å². The molecule has 1 fully saturated rings. The van der Waals surface area contributed by atoms with Crippen LogP contribution in [0.4, 0.5) is 10.7 Å². The normalized spacial score (nSPS) is 18.6. The average molecular weight is 376 g/mol. The van der Waals surface area contributed by atoms with Gasteiger partial charge in [-0.1, -0.05) is 11.9 Å². The van der Waals surface area contributed by atoms with Gasteiger partial charge in [-0.25, -0.2) is 13.9 Å². The van der Waals surface area contributed by atoms with Gasteiger partial charge in [-0.2, -0.15) is 0 Å². The Morgan fingerprint density at radius 1 is 1.26 bits per heavy atom. The Morgan fingerprint density at radius 3 is 2.59 bits per heavy atom. The lowest BCUT2D eigenvalue weighted by molar-refractivity contribution is -0.689. The van der Waals surface area contributed by atoms with E-state index in [0.717, 1.165) is 29.3 Å². The van der Waals surface area contributed by atoms with Gasteiger partial charge in [0.2, 0.25) is 11.9 Å². The van der Waals surface area contributed by atoms with Crippen molar-refractivity contribution < 1.29 is 23.7 Å². The van der Waals surface area contributed by atoms with E-state index in [9.17, 15) is 14.4 Å². The number of hydrogen-bond donors (Lipinski definition) is 0. The molecule has 0 bridgehead atoms. The van der Waals surface area contributed by atoms with Crippen molar-refractivity contribution in [2.45, 2.75) is 53.1 Å². The van der Waals surface area contributed by atoms with Crippen molar-refractivity contribution in [3.8, 4) is 0 Å². The third kappa shape index (κ3) is 2.90. The number of aliphatic imine (C=N–C) groups is 1. The molecule has 0 saturated carbocycles. The van der Waals surface area contributed by atoms with E-state index in [1.165, 1.54) is 4.90 Å². The largest absolute Gasteiger partial charge is 0.466 e. The summed E-state index contributed by atoms with van der Waals surface area (Å²) in [5.74, 6) is 0.329. The number of hydrogen-bond acceptors (Lipinski definition) is 5. The number of likely N-dealkylation sites (N-methyl/N-ethyl adjacent to an activating group) is 1. The van der Waals surface area contributed by atoms with E-state index in [0.29, 0.717) is 11.8 Å². The van der Waals surface area contributed by atoms with E-state index in [1.807, 2.05) is 18.4 Å². The first kappa shape index (κ1) is 19.1. The van der Waals surface area contributed by atoms with Crippen LogP contribution in [-0.4, -0.2) is 58.3 Å². The molecule has 27 heavy (non-hydrogen) atoms. The molecule has 0 N–H and O–H groups in total. The number of imide groups is 1. The van der Waals surface area contributed by atoms with Gasteiger partial charge in [0.1, 0.15) is 11.4 Å². The number of esters is 1. The van der Waals surface area contributed by atoms with Crippen LogP contribution in [0.2, 0.25) is 0 Å². The number of amides is 3. The van der Waals surface area contributed by atoms with Crippen LogP contribution in [0.25, 0.3) is 0 Å². The Bertz CT molecular complexity index is 841. The molecular weight excluding hydrogens is 350 g/mol. The van der Waals surface area contributed by atoms with Crippen LogP contribution < -0.4 is 4.57 Å². The third-order valence-electron chi connectivity index (χ3n) is 5.12. The average Bonchev–Trinajstić information content (AvgIpc) is 3.12. The number of carbonyl (C=O) groups is 3. The van der Waals surface area contributed by atoms with Crippen molar-refractivity contribution in [1.82, 2.24) is 14.4 Å². The highest BCUT2D eigenvalue weighted by Gasteiger charge is 2.54. The minimum Gasteiger partial charge on any atom is -0.466 e. The number of rotatable bonds is 6. The first-order valence-electron chi connectivity index (χ1n) is 9.27. The summed E-state index contributed by atoms with van der Waals surface area (Å²) >= 11 is 0. The van der Waals surface area contributed by atoms with E-state index < -0.39 is 18.0 Å². The quantitative estimate of drug-likeness (QED) is 0.552. The summed E-state index contributed by atoms with van der Waals surface area (Å²) in [4.78, 5) is 44.6. The summed E-state index contributed by atoms with van der Waals surface area (Å²) in [5, 5.41) is 0. The van der Waals surface area contributed by atoms with Crippen LogP contribution in [0.5, 0.6) is 0 Å². The van der Waals surface area contributed by atoms with Crippen LogP contribution in [0.3, 0.4) is 0 Å². The van der Waals surface area contributed by atoms with E-state index in [-0.39, 0.29) is 25.5 Å². The Balaban J connectivity index is 1.96. The highest BCUT2D eigenvalue weighted by molar-refractivity contribution is 6.20. The van der Waals surface area contributed by atoms with Gasteiger partial charge in [-0.3, -0.25) is 19.4 Å². The summed E-state index contributed by atoms with van der Waals surface area (Å²) in [6, 6.07) is -1.15. The number of urea groups is 1. The van der Waals surface area contributed by atoms with Crippen LogP contribution >= 0.6 is 0 Å². The number of ether oxygens (including phenoxy) is 1. The molecular formula is C18H26N5O4+. The predicted molar refractivity (Wildman–Crippen MR) is 96.6 cm³/mol. The smallest absolute Gasteiger partial charge is 0.402 e. The third-order valence-corrected chi connectivity index (χ3v) is 5.12. The Labute approximate surface area is 158 Å². The highest BCUT2D eigenvalue weighted by atomic mass is 16.5. The van der Waals surface area contributed by atoms with E-state index in [1.54, 1.807) is 14.0 Å². The summed E-state index contributed by atoms with van der Waals surface area (Å²) in [6.07, 6.45) is 0.913. The molecule has 3 amide bonds. The SMILES string of the molecule is CCC[n+]1c(C)c(C)n2c1N=C1C2C(=O)N(CCC(=O)OCC)C(=O)N1C. The molecule has 1 atom stereocenters. The molecule has 1 unspecified atom stereocenters. The zero-order valence-corrected chi connectivity index (χ0v) is 16.5. The fourth-order valence-electron chi connectivity index (χ4n) is 3.64. The Hall–Kier alpha value is -2.71. The van der Waals surface area contributed by atoms with Crippen molar-refractivity contribution in [2.75, 3.05) is 20.2 Å². The zero-order valence-electron chi connectivity index (χ0n) is 16.5. The monoisotopic (exact) mass is 376 g/mol. The number of nitrogens with zero attached hydrogens (tertiary/aromatic N) is 5.